The van der Waals surface area contributed by atoms with Crippen LogP contribution in [-0.4, -0.2) is 0 Å². The molecule has 0 bridgehead atoms. The Labute approximate surface area is 108 Å². The third-order valence-electron chi connectivity index (χ3n) is 3.10. The lowest BCUT2D eigenvalue weighted by atomic mass is 9.99. The predicted molar refractivity (Wildman–Crippen MR) is 73.4 cm³/mol. The molecule has 1 aliphatic rings. The van der Waals surface area contributed by atoms with E-state index in [9.17, 15) is 0 Å². The van der Waals surface area contributed by atoms with Crippen LogP contribution in [0.2, 0.25) is 0 Å². The van der Waals surface area contributed by atoms with Crippen molar-refractivity contribution in [1.29, 1.82) is 5.26 Å². The fraction of sp³-hybridized carbons (Fsp3) is 0.308. The number of aryl methyl sites for hydroxylation is 2. The molecule has 3 rings (SSSR count). The Hall–Kier alpha value is -1.31. The van der Waals surface area contributed by atoms with E-state index in [2.05, 4.69) is 12.1 Å². The van der Waals surface area contributed by atoms with E-state index in [1.54, 1.807) is 0 Å². The first-order valence-corrected chi connectivity index (χ1v) is 7.32. The van der Waals surface area contributed by atoms with Crippen LogP contribution in [0.15, 0.2) is 12.1 Å². The fourth-order valence-corrected chi connectivity index (χ4v) is 4.43. The molecule has 17 heavy (non-hydrogen) atoms. The smallest absolute Gasteiger partial charge is 0.128 e. The third-order valence-corrected chi connectivity index (χ3v) is 5.59. The standard InChI is InChI=1S/C13H12N2S2/c14-7-13-9(15)6-12(17-13)11-5-8-3-1-2-4-10(8)16-11/h5-6H,1-4,15H2. The number of anilines is 1. The van der Waals surface area contributed by atoms with E-state index in [1.165, 1.54) is 52.3 Å². The molecule has 0 spiro atoms. The van der Waals surface area contributed by atoms with Gasteiger partial charge >= 0.3 is 0 Å². The van der Waals surface area contributed by atoms with Crippen molar-refractivity contribution in [2.45, 2.75) is 25.7 Å². The highest BCUT2D eigenvalue weighted by Crippen LogP contribution is 2.40. The number of nitrogens with two attached hydrogens (primary N) is 1. The molecular weight excluding hydrogens is 248 g/mol. The SMILES string of the molecule is N#Cc1sc(-c2cc3c(s2)CCCC3)cc1N. The van der Waals surface area contributed by atoms with Crippen LogP contribution in [0.4, 0.5) is 5.69 Å². The summed E-state index contributed by atoms with van der Waals surface area (Å²) in [7, 11) is 0. The molecule has 2 nitrogen and oxygen atoms in total. The lowest BCUT2D eigenvalue weighted by Gasteiger charge is -2.08. The Morgan fingerprint density at radius 3 is 2.59 bits per heavy atom. The number of nitriles is 1. The maximum absolute atomic E-state index is 8.92. The van der Waals surface area contributed by atoms with Crippen LogP contribution in [0.3, 0.4) is 0 Å². The van der Waals surface area contributed by atoms with Crippen molar-refractivity contribution in [2.75, 3.05) is 5.73 Å². The van der Waals surface area contributed by atoms with Gasteiger partial charge in [0.15, 0.2) is 0 Å². The van der Waals surface area contributed by atoms with E-state index in [-0.39, 0.29) is 0 Å². The number of thiophene rings is 2. The van der Waals surface area contributed by atoms with Crippen LogP contribution < -0.4 is 5.73 Å². The molecule has 4 heteroatoms. The van der Waals surface area contributed by atoms with Gasteiger partial charge in [-0.1, -0.05) is 0 Å². The van der Waals surface area contributed by atoms with Crippen molar-refractivity contribution in [3.63, 3.8) is 0 Å². The van der Waals surface area contributed by atoms with Gasteiger partial charge in [-0.3, -0.25) is 0 Å². The summed E-state index contributed by atoms with van der Waals surface area (Å²) in [5, 5.41) is 8.92. The van der Waals surface area contributed by atoms with Crippen LogP contribution in [0.25, 0.3) is 9.75 Å². The van der Waals surface area contributed by atoms with Crippen LogP contribution in [0.5, 0.6) is 0 Å². The summed E-state index contributed by atoms with van der Waals surface area (Å²) < 4.78 is 0. The summed E-state index contributed by atoms with van der Waals surface area (Å²) in [6.45, 7) is 0. The van der Waals surface area contributed by atoms with Crippen LogP contribution in [-0.2, 0) is 12.8 Å². The zero-order valence-electron chi connectivity index (χ0n) is 9.32. The fourth-order valence-electron chi connectivity index (χ4n) is 2.23. The molecule has 2 aromatic rings. The van der Waals surface area contributed by atoms with Crippen molar-refractivity contribution in [3.8, 4) is 15.8 Å². The average Bonchev–Trinajstić information content (AvgIpc) is 2.91. The number of nitrogen functional groups attached to an aromatic ring is 1. The molecule has 0 radical (unpaired) electrons. The molecule has 0 atom stereocenters. The van der Waals surface area contributed by atoms with Gasteiger partial charge in [-0.05, 0) is 43.4 Å². The molecule has 86 valence electrons. The van der Waals surface area contributed by atoms with Crippen LogP contribution >= 0.6 is 22.7 Å². The van der Waals surface area contributed by atoms with Crippen molar-refractivity contribution in [3.05, 3.63) is 27.5 Å². The quantitative estimate of drug-likeness (QED) is 0.847. The molecule has 0 aliphatic heterocycles. The Morgan fingerprint density at radius 2 is 1.88 bits per heavy atom. The number of hydrogen-bond acceptors (Lipinski definition) is 4. The van der Waals surface area contributed by atoms with E-state index in [1.807, 2.05) is 17.4 Å². The predicted octanol–water partition coefficient (Wildman–Crippen LogP) is 3.81. The van der Waals surface area contributed by atoms with Gasteiger partial charge in [0.1, 0.15) is 10.9 Å². The van der Waals surface area contributed by atoms with E-state index >= 15 is 0 Å². The Bertz CT molecular complexity index is 578. The molecule has 0 saturated carbocycles. The first-order valence-electron chi connectivity index (χ1n) is 5.69. The second kappa shape index (κ2) is 4.17. The van der Waals surface area contributed by atoms with Crippen LogP contribution in [0.1, 0.15) is 28.2 Å². The minimum Gasteiger partial charge on any atom is -0.397 e. The van der Waals surface area contributed by atoms with E-state index in [0.29, 0.717) is 10.6 Å². The van der Waals surface area contributed by atoms with Gasteiger partial charge in [0.2, 0.25) is 0 Å². The summed E-state index contributed by atoms with van der Waals surface area (Å²) >= 11 is 3.37. The normalized spacial score (nSPS) is 14.3. The summed E-state index contributed by atoms with van der Waals surface area (Å²) in [6, 6.07) is 6.36. The molecule has 0 unspecified atom stereocenters. The van der Waals surface area contributed by atoms with Crippen molar-refractivity contribution >= 4 is 28.4 Å². The number of fused-ring (bicyclic) bond motifs is 1. The number of rotatable bonds is 1. The molecule has 0 saturated heterocycles. The molecule has 0 fully saturated rings. The summed E-state index contributed by atoms with van der Waals surface area (Å²) in [6.07, 6.45) is 5.03. The second-order valence-electron chi connectivity index (χ2n) is 4.27. The van der Waals surface area contributed by atoms with Gasteiger partial charge in [-0.25, -0.2) is 0 Å². The molecule has 1 aliphatic carbocycles. The van der Waals surface area contributed by atoms with Gasteiger partial charge in [-0.15, -0.1) is 22.7 Å². The van der Waals surface area contributed by atoms with Gasteiger partial charge < -0.3 is 5.73 Å². The molecule has 0 amide bonds. The third kappa shape index (κ3) is 1.86. The monoisotopic (exact) mass is 260 g/mol. The average molecular weight is 260 g/mol. The maximum atomic E-state index is 8.92. The van der Waals surface area contributed by atoms with Crippen LogP contribution in [0, 0.1) is 11.3 Å². The van der Waals surface area contributed by atoms with Crippen molar-refractivity contribution in [1.82, 2.24) is 0 Å². The lowest BCUT2D eigenvalue weighted by Crippen LogP contribution is -1.96. The lowest BCUT2D eigenvalue weighted by molar-refractivity contribution is 0.697. The largest absolute Gasteiger partial charge is 0.397 e. The van der Waals surface area contributed by atoms with Gasteiger partial charge in [-0.2, -0.15) is 5.26 Å². The Balaban J connectivity index is 2.03. The Kier molecular flexibility index (Phi) is 2.65. The number of hydrogen-bond donors (Lipinski definition) is 1. The molecular formula is C13H12N2S2. The minimum atomic E-state index is 0.610. The summed E-state index contributed by atoms with van der Waals surface area (Å²) in [5.74, 6) is 0. The maximum Gasteiger partial charge on any atom is 0.128 e. The van der Waals surface area contributed by atoms with Gasteiger partial charge in [0.05, 0.1) is 5.69 Å². The van der Waals surface area contributed by atoms with Crippen molar-refractivity contribution in [2.24, 2.45) is 0 Å². The molecule has 2 N–H and O–H groups in total. The van der Waals surface area contributed by atoms with Gasteiger partial charge in [0, 0.05) is 14.6 Å². The summed E-state index contributed by atoms with van der Waals surface area (Å²) in [5.41, 5.74) is 7.92. The minimum absolute atomic E-state index is 0.610. The Morgan fingerprint density at radius 1 is 1.12 bits per heavy atom. The zero-order chi connectivity index (χ0) is 11.8. The molecule has 2 heterocycles. The first kappa shape index (κ1) is 10.8. The number of nitrogens with zero attached hydrogens (tertiary/aromatic N) is 1. The van der Waals surface area contributed by atoms with E-state index < -0.39 is 0 Å². The molecule has 0 aromatic carbocycles. The highest BCUT2D eigenvalue weighted by molar-refractivity contribution is 7.22. The highest BCUT2D eigenvalue weighted by Gasteiger charge is 2.16. The van der Waals surface area contributed by atoms with E-state index in [4.69, 9.17) is 11.0 Å². The van der Waals surface area contributed by atoms with Gasteiger partial charge in [0.25, 0.3) is 0 Å². The van der Waals surface area contributed by atoms with E-state index in [0.717, 1.165) is 4.88 Å². The zero-order valence-corrected chi connectivity index (χ0v) is 11.0. The summed E-state index contributed by atoms with van der Waals surface area (Å²) in [4.78, 5) is 4.57. The highest BCUT2D eigenvalue weighted by atomic mass is 32.1. The first-order chi connectivity index (χ1) is 8.28. The topological polar surface area (TPSA) is 49.8 Å². The second-order valence-corrected chi connectivity index (χ2v) is 6.46. The van der Waals surface area contributed by atoms with Crippen molar-refractivity contribution < 1.29 is 0 Å². The molecule has 2 aromatic heterocycles.